The number of rotatable bonds is 6. The highest BCUT2D eigenvalue weighted by molar-refractivity contribution is 7.89. The molecule has 9 heteroatoms. The van der Waals surface area contributed by atoms with E-state index < -0.39 is 16.0 Å². The number of hydrogen-bond acceptors (Lipinski definition) is 5. The zero-order valence-corrected chi connectivity index (χ0v) is 12.6. The molecule has 0 aromatic carbocycles. The second-order valence-electron chi connectivity index (χ2n) is 4.85. The lowest BCUT2D eigenvalue weighted by Gasteiger charge is -2.31. The maximum absolute atomic E-state index is 12.5. The predicted molar refractivity (Wildman–Crippen MR) is 73.3 cm³/mol. The Labute approximate surface area is 123 Å². The Bertz CT molecular complexity index is 598. The van der Waals surface area contributed by atoms with Crippen LogP contribution in [0.25, 0.3) is 0 Å². The molecule has 8 nitrogen and oxygen atoms in total. The first kappa shape index (κ1) is 15.9. The van der Waals surface area contributed by atoms with Gasteiger partial charge in [-0.25, -0.2) is 8.42 Å². The van der Waals surface area contributed by atoms with Crippen molar-refractivity contribution in [2.45, 2.75) is 37.3 Å². The number of aliphatic carboxylic acids is 1. The molecule has 0 saturated carbocycles. The SMILES string of the molecule is CCC1CN(S(=O)(=O)c2cnn(CCC(=O)O)c2)CCO1. The molecule has 0 bridgehead atoms. The third kappa shape index (κ3) is 3.80. The van der Waals surface area contributed by atoms with E-state index in [4.69, 9.17) is 9.84 Å². The quantitative estimate of drug-likeness (QED) is 0.802. The zero-order valence-electron chi connectivity index (χ0n) is 11.8. The van der Waals surface area contributed by atoms with Gasteiger partial charge >= 0.3 is 5.97 Å². The maximum atomic E-state index is 12.5. The molecule has 1 unspecified atom stereocenters. The van der Waals surface area contributed by atoms with Crippen LogP contribution in [0.5, 0.6) is 0 Å². The molecule has 1 N–H and O–H groups in total. The van der Waals surface area contributed by atoms with Gasteiger partial charge in [-0.3, -0.25) is 9.48 Å². The third-order valence-corrected chi connectivity index (χ3v) is 5.18. The van der Waals surface area contributed by atoms with Crippen molar-refractivity contribution < 1.29 is 23.1 Å². The number of aromatic nitrogens is 2. The normalized spacial score (nSPS) is 20.5. The molecule has 1 aromatic heterocycles. The number of nitrogens with zero attached hydrogens (tertiary/aromatic N) is 3. The van der Waals surface area contributed by atoms with E-state index in [1.165, 1.54) is 21.4 Å². The lowest BCUT2D eigenvalue weighted by atomic mass is 10.2. The first-order chi connectivity index (χ1) is 9.93. The van der Waals surface area contributed by atoms with Gasteiger partial charge in [-0.05, 0) is 6.42 Å². The van der Waals surface area contributed by atoms with Crippen LogP contribution in [0.2, 0.25) is 0 Å². The van der Waals surface area contributed by atoms with Crippen molar-refractivity contribution >= 4 is 16.0 Å². The molecule has 1 aliphatic heterocycles. The monoisotopic (exact) mass is 317 g/mol. The second-order valence-corrected chi connectivity index (χ2v) is 6.78. The summed E-state index contributed by atoms with van der Waals surface area (Å²) < 4.78 is 33.2. The van der Waals surface area contributed by atoms with Crippen LogP contribution in [0.3, 0.4) is 0 Å². The summed E-state index contributed by atoms with van der Waals surface area (Å²) in [5.41, 5.74) is 0. The summed E-state index contributed by atoms with van der Waals surface area (Å²) >= 11 is 0. The molecule has 21 heavy (non-hydrogen) atoms. The van der Waals surface area contributed by atoms with Crippen molar-refractivity contribution in [3.8, 4) is 0 Å². The van der Waals surface area contributed by atoms with Crippen LogP contribution in [-0.4, -0.2) is 59.4 Å². The van der Waals surface area contributed by atoms with Gasteiger partial charge in [0.25, 0.3) is 0 Å². The summed E-state index contributed by atoms with van der Waals surface area (Å²) in [5.74, 6) is -0.950. The van der Waals surface area contributed by atoms with Crippen molar-refractivity contribution in [3.05, 3.63) is 12.4 Å². The average molecular weight is 317 g/mol. The van der Waals surface area contributed by atoms with Crippen molar-refractivity contribution in [2.75, 3.05) is 19.7 Å². The van der Waals surface area contributed by atoms with E-state index in [1.54, 1.807) is 0 Å². The van der Waals surface area contributed by atoms with Gasteiger partial charge in [-0.2, -0.15) is 9.40 Å². The largest absolute Gasteiger partial charge is 0.481 e. The molecule has 2 rings (SSSR count). The molecule has 0 spiro atoms. The number of carboxylic acid groups (broad SMARTS) is 1. The van der Waals surface area contributed by atoms with Gasteiger partial charge in [0.1, 0.15) is 4.90 Å². The minimum atomic E-state index is -3.60. The van der Waals surface area contributed by atoms with E-state index in [-0.39, 0.29) is 24.0 Å². The number of sulfonamides is 1. The summed E-state index contributed by atoms with van der Waals surface area (Å²) in [7, 11) is -3.60. The van der Waals surface area contributed by atoms with Gasteiger partial charge in [-0.1, -0.05) is 6.92 Å². The molecule has 2 heterocycles. The summed E-state index contributed by atoms with van der Waals surface area (Å²) in [6, 6.07) is 0. The Kier molecular flexibility index (Phi) is 4.96. The Hall–Kier alpha value is -1.45. The number of aryl methyl sites for hydroxylation is 1. The topological polar surface area (TPSA) is 102 Å². The Balaban J connectivity index is 2.10. The van der Waals surface area contributed by atoms with Gasteiger partial charge in [0.05, 0.1) is 31.9 Å². The number of carbonyl (C=O) groups is 1. The van der Waals surface area contributed by atoms with E-state index in [2.05, 4.69) is 5.10 Å². The third-order valence-electron chi connectivity index (χ3n) is 3.36. The van der Waals surface area contributed by atoms with Gasteiger partial charge in [-0.15, -0.1) is 0 Å². The molecule has 0 radical (unpaired) electrons. The van der Waals surface area contributed by atoms with E-state index >= 15 is 0 Å². The predicted octanol–water partition coefficient (Wildman–Crippen LogP) is 0.157. The fourth-order valence-electron chi connectivity index (χ4n) is 2.12. The van der Waals surface area contributed by atoms with E-state index in [0.717, 1.165) is 6.42 Å². The van der Waals surface area contributed by atoms with E-state index in [0.29, 0.717) is 19.7 Å². The highest BCUT2D eigenvalue weighted by atomic mass is 32.2. The minimum absolute atomic E-state index is 0.0874. The molecular weight excluding hydrogens is 298 g/mol. The molecule has 118 valence electrons. The minimum Gasteiger partial charge on any atom is -0.481 e. The highest BCUT2D eigenvalue weighted by Crippen LogP contribution is 2.19. The van der Waals surface area contributed by atoms with Crippen LogP contribution < -0.4 is 0 Å². The van der Waals surface area contributed by atoms with E-state index in [9.17, 15) is 13.2 Å². The summed E-state index contributed by atoms with van der Waals surface area (Å²) in [6.45, 7) is 3.12. The second kappa shape index (κ2) is 6.54. The van der Waals surface area contributed by atoms with Crippen molar-refractivity contribution in [2.24, 2.45) is 0 Å². The van der Waals surface area contributed by atoms with Crippen LogP contribution in [0.4, 0.5) is 0 Å². The Morgan fingerprint density at radius 3 is 3.00 bits per heavy atom. The van der Waals surface area contributed by atoms with Gasteiger partial charge in [0.15, 0.2) is 0 Å². The van der Waals surface area contributed by atoms with E-state index in [1.807, 2.05) is 6.92 Å². The molecule has 1 fully saturated rings. The molecule has 1 atom stereocenters. The first-order valence-corrected chi connectivity index (χ1v) is 8.23. The van der Waals surface area contributed by atoms with Crippen LogP contribution in [-0.2, 0) is 26.1 Å². The molecule has 1 saturated heterocycles. The zero-order chi connectivity index (χ0) is 15.5. The number of carboxylic acids is 1. The maximum Gasteiger partial charge on any atom is 0.305 e. The van der Waals surface area contributed by atoms with Crippen molar-refractivity contribution in [1.82, 2.24) is 14.1 Å². The molecule has 1 aromatic rings. The van der Waals surface area contributed by atoms with Gasteiger partial charge < -0.3 is 9.84 Å². The highest BCUT2D eigenvalue weighted by Gasteiger charge is 2.31. The number of hydrogen-bond donors (Lipinski definition) is 1. The first-order valence-electron chi connectivity index (χ1n) is 6.79. The fraction of sp³-hybridized carbons (Fsp3) is 0.667. The molecule has 0 amide bonds. The van der Waals surface area contributed by atoms with Gasteiger partial charge in [0, 0.05) is 19.3 Å². The van der Waals surface area contributed by atoms with Crippen LogP contribution in [0.1, 0.15) is 19.8 Å². The van der Waals surface area contributed by atoms with Crippen LogP contribution in [0, 0.1) is 0 Å². The average Bonchev–Trinajstić information content (AvgIpc) is 2.95. The van der Waals surface area contributed by atoms with Crippen LogP contribution >= 0.6 is 0 Å². The number of morpholine rings is 1. The Morgan fingerprint density at radius 2 is 2.33 bits per heavy atom. The number of ether oxygens (including phenoxy) is 1. The summed E-state index contributed by atoms with van der Waals surface area (Å²) in [4.78, 5) is 10.6. The smallest absolute Gasteiger partial charge is 0.305 e. The molecule has 0 aliphatic carbocycles. The van der Waals surface area contributed by atoms with Crippen molar-refractivity contribution in [3.63, 3.8) is 0 Å². The van der Waals surface area contributed by atoms with Crippen molar-refractivity contribution in [1.29, 1.82) is 0 Å². The fourth-order valence-corrected chi connectivity index (χ4v) is 3.53. The lowest BCUT2D eigenvalue weighted by Crippen LogP contribution is -2.45. The molecular formula is C12H19N3O5S. The van der Waals surface area contributed by atoms with Gasteiger partial charge in [0.2, 0.25) is 10.0 Å². The summed E-state index contributed by atoms with van der Waals surface area (Å²) in [5, 5.41) is 12.5. The standard InChI is InChI=1S/C12H19N3O5S/c1-2-10-8-15(5-6-20-10)21(18,19)11-7-13-14(9-11)4-3-12(16)17/h7,9-10H,2-6,8H2,1H3,(H,16,17). The Morgan fingerprint density at radius 1 is 1.57 bits per heavy atom. The summed E-state index contributed by atoms with van der Waals surface area (Å²) in [6.07, 6.45) is 3.19. The van der Waals surface area contributed by atoms with Crippen LogP contribution in [0.15, 0.2) is 17.3 Å². The molecule has 1 aliphatic rings. The lowest BCUT2D eigenvalue weighted by molar-refractivity contribution is -0.137.